The van der Waals surface area contributed by atoms with Crippen molar-refractivity contribution in [1.29, 1.82) is 0 Å². The summed E-state index contributed by atoms with van der Waals surface area (Å²) in [7, 11) is -19.7. The van der Waals surface area contributed by atoms with Crippen molar-refractivity contribution in [3.8, 4) is 0 Å². The quantitative estimate of drug-likeness (QED) is 0.0458. The molecule has 6 amide bonds. The summed E-state index contributed by atoms with van der Waals surface area (Å²) in [6.07, 6.45) is 0. The Labute approximate surface area is 443 Å². The minimum absolute atomic E-state index is 0.0460. The number of nitrogens with one attached hydrogen (secondary N) is 6. The van der Waals surface area contributed by atoms with E-state index in [9.17, 15) is 75.9 Å². The maximum absolute atomic E-state index is 13.6. The topological polar surface area (TPSA) is 375 Å². The molecule has 78 heavy (non-hydrogen) atoms. The number of carbonyl (C=O) groups excluding carboxylic acids is 5. The summed E-state index contributed by atoms with van der Waals surface area (Å²) in [6.45, 7) is 3.27. The summed E-state index contributed by atoms with van der Waals surface area (Å²) < 4.78 is 137. The van der Waals surface area contributed by atoms with E-state index < -0.39 is 100 Å². The van der Waals surface area contributed by atoms with Crippen LogP contribution in [0.25, 0.3) is 21.5 Å². The minimum atomic E-state index is -4.98. The van der Waals surface area contributed by atoms with E-state index in [0.29, 0.717) is 11.1 Å². The number of aryl methyl sites for hydroxylation is 2. The van der Waals surface area contributed by atoms with Crippen molar-refractivity contribution in [2.45, 2.75) is 33.4 Å². The van der Waals surface area contributed by atoms with E-state index in [4.69, 9.17) is 0 Å². The van der Waals surface area contributed by atoms with Crippen LogP contribution in [0.15, 0.2) is 165 Å². The molecule has 0 bridgehead atoms. The van der Waals surface area contributed by atoms with Gasteiger partial charge in [0.1, 0.15) is 19.6 Å². The average molecular weight is 1140 g/mol. The first-order chi connectivity index (χ1) is 36.6. The number of hydrogen-bond acceptors (Lipinski definition) is 13. The van der Waals surface area contributed by atoms with Gasteiger partial charge in [0.15, 0.2) is 0 Å². The van der Waals surface area contributed by atoms with E-state index >= 15 is 0 Å². The maximum Gasteiger partial charge on any atom is 0.323 e. The van der Waals surface area contributed by atoms with Gasteiger partial charge in [0, 0.05) is 66.5 Å². The lowest BCUT2D eigenvalue weighted by Gasteiger charge is -2.15. The summed E-state index contributed by atoms with van der Waals surface area (Å²) in [4.78, 5) is 64.6. The van der Waals surface area contributed by atoms with Crippen molar-refractivity contribution in [2.75, 3.05) is 31.9 Å². The molecule has 0 saturated carbocycles. The molecule has 27 heteroatoms. The van der Waals surface area contributed by atoms with Crippen LogP contribution in [0.3, 0.4) is 0 Å². The van der Waals surface area contributed by atoms with Gasteiger partial charge in [-0.1, -0.05) is 48.5 Å². The summed E-state index contributed by atoms with van der Waals surface area (Å²) >= 11 is 0. The SMILES string of the molecule is Cc1ccc(C(=O)Nc2ccc(S(=O)(=O)O)c3cccc(S(=O)(=O)O)c23)cc1NC(=O)c1cccc(NC(=O)Nc2cccc(C(=O)Nc3cc(C(=O)Nc4ccc(S(=O)(=O)O)c5cccc(S(=O)(=O)O)c45)ccc3C)c2)c1. The normalized spacial score (nSPS) is 11.9. The van der Waals surface area contributed by atoms with Gasteiger partial charge in [-0.15, -0.1) is 0 Å². The Morgan fingerprint density at radius 2 is 0.654 bits per heavy atom. The number of benzene rings is 8. The molecule has 0 spiro atoms. The molecule has 8 rings (SSSR count). The Morgan fingerprint density at radius 3 is 1.00 bits per heavy atom. The number of amides is 6. The van der Waals surface area contributed by atoms with Crippen LogP contribution >= 0.6 is 0 Å². The molecule has 23 nitrogen and oxygen atoms in total. The first-order valence-electron chi connectivity index (χ1n) is 22.3. The van der Waals surface area contributed by atoms with Crippen LogP contribution in [0.2, 0.25) is 0 Å². The van der Waals surface area contributed by atoms with Gasteiger partial charge in [-0.25, -0.2) is 4.79 Å². The zero-order valence-corrected chi connectivity index (χ0v) is 43.4. The Kier molecular flexibility index (Phi) is 15.1. The highest BCUT2D eigenvalue weighted by molar-refractivity contribution is 7.87. The summed E-state index contributed by atoms with van der Waals surface area (Å²) in [5.41, 5.74) is 1.25. The number of carbonyl (C=O) groups is 5. The predicted octanol–water partition coefficient (Wildman–Crippen LogP) is 8.25. The Hall–Kier alpha value is -8.93. The second-order valence-electron chi connectivity index (χ2n) is 17.1. The molecule has 0 aliphatic carbocycles. The standard InChI is InChI=1S/C51H40N6O17S4/c1-27-15-17-31(49(60)54-37-19-21-41(75(63,64)65)35-11-5-13-43(45(35)37)77(69,70)71)25-39(27)56-47(58)29-7-3-9-33(23-29)52-51(62)53-34-10-4-8-30(24-34)48(59)57-40-26-32(18-16-28(40)2)50(61)55-38-20-22-42(76(66,67)68)36-12-6-14-44(46(36)38)78(72,73)74/h3-26H,1-2H3,(H,54,60)(H,55,61)(H,56,58)(H,57,59)(H2,52,53,62)(H,63,64,65)(H,66,67,68)(H,69,70,71)(H,72,73,74). The first kappa shape index (κ1) is 55.3. The summed E-state index contributed by atoms with van der Waals surface area (Å²) in [6, 6.07) is 29.8. The fourth-order valence-corrected chi connectivity index (χ4v) is 11.0. The Balaban J connectivity index is 0.922. The third-order valence-corrected chi connectivity index (χ3v) is 15.4. The van der Waals surface area contributed by atoms with E-state index in [-0.39, 0.29) is 67.2 Å². The van der Waals surface area contributed by atoms with E-state index in [1.807, 2.05) is 0 Å². The molecule has 0 aliphatic heterocycles. The van der Waals surface area contributed by atoms with Gasteiger partial charge in [0.2, 0.25) is 0 Å². The number of rotatable bonds is 14. The molecular formula is C51H40N6O17S4. The largest absolute Gasteiger partial charge is 0.323 e. The van der Waals surface area contributed by atoms with Gasteiger partial charge in [-0.3, -0.25) is 37.4 Å². The predicted molar refractivity (Wildman–Crippen MR) is 287 cm³/mol. The molecular weight excluding hydrogens is 1100 g/mol. The molecule has 8 aromatic carbocycles. The summed E-state index contributed by atoms with van der Waals surface area (Å²) in [5, 5.41) is 14.2. The fraction of sp³-hybridized carbons (Fsp3) is 0.0392. The molecule has 400 valence electrons. The van der Waals surface area contributed by atoms with Crippen molar-refractivity contribution >= 4 is 126 Å². The number of fused-ring (bicyclic) bond motifs is 2. The van der Waals surface area contributed by atoms with Crippen LogP contribution in [0.5, 0.6) is 0 Å². The first-order valence-corrected chi connectivity index (χ1v) is 28.1. The average Bonchev–Trinajstić information content (AvgIpc) is 3.51. The second-order valence-corrected chi connectivity index (χ2v) is 22.7. The van der Waals surface area contributed by atoms with Crippen LogP contribution in [0, 0.1) is 13.8 Å². The van der Waals surface area contributed by atoms with Crippen LogP contribution in [-0.4, -0.2) is 81.5 Å². The van der Waals surface area contributed by atoms with Crippen LogP contribution in [0.4, 0.5) is 38.9 Å². The fourth-order valence-electron chi connectivity index (χ4n) is 8.12. The monoisotopic (exact) mass is 1140 g/mol. The Bertz CT molecular complexity index is 4090. The molecule has 8 aromatic rings. The van der Waals surface area contributed by atoms with Crippen LogP contribution in [0.1, 0.15) is 52.6 Å². The molecule has 0 saturated heterocycles. The molecule has 0 fully saturated rings. The number of hydrogen-bond donors (Lipinski definition) is 10. The zero-order valence-electron chi connectivity index (χ0n) is 40.1. The van der Waals surface area contributed by atoms with Gasteiger partial charge in [-0.05, 0) is 122 Å². The Morgan fingerprint density at radius 1 is 0.333 bits per heavy atom. The van der Waals surface area contributed by atoms with Crippen molar-refractivity contribution < 1.29 is 75.9 Å². The van der Waals surface area contributed by atoms with Crippen molar-refractivity contribution in [2.24, 2.45) is 0 Å². The van der Waals surface area contributed by atoms with Gasteiger partial charge >= 0.3 is 6.03 Å². The third-order valence-electron chi connectivity index (χ3n) is 11.8. The molecule has 0 unspecified atom stereocenters. The second kappa shape index (κ2) is 21.2. The highest BCUT2D eigenvalue weighted by atomic mass is 32.2. The van der Waals surface area contributed by atoms with Crippen molar-refractivity contribution in [3.05, 3.63) is 179 Å². The summed E-state index contributed by atoms with van der Waals surface area (Å²) in [5.74, 6) is -3.01. The van der Waals surface area contributed by atoms with Gasteiger partial charge in [-0.2, -0.15) is 33.7 Å². The molecule has 0 radical (unpaired) electrons. The number of anilines is 6. The smallest absolute Gasteiger partial charge is 0.322 e. The lowest BCUT2D eigenvalue weighted by atomic mass is 10.1. The van der Waals surface area contributed by atoms with E-state index in [1.54, 1.807) is 13.8 Å². The minimum Gasteiger partial charge on any atom is -0.322 e. The zero-order chi connectivity index (χ0) is 56.6. The third kappa shape index (κ3) is 12.2. The van der Waals surface area contributed by atoms with E-state index in [1.165, 1.54) is 97.1 Å². The van der Waals surface area contributed by atoms with Crippen LogP contribution < -0.4 is 31.9 Å². The molecule has 0 heterocycles. The van der Waals surface area contributed by atoms with E-state index in [2.05, 4.69) is 31.9 Å². The van der Waals surface area contributed by atoms with Crippen molar-refractivity contribution in [1.82, 2.24) is 0 Å². The number of urea groups is 1. The van der Waals surface area contributed by atoms with Gasteiger partial charge in [0.05, 0.1) is 11.4 Å². The lowest BCUT2D eigenvalue weighted by Crippen LogP contribution is -2.21. The molecule has 0 atom stereocenters. The van der Waals surface area contributed by atoms with Gasteiger partial charge < -0.3 is 31.9 Å². The molecule has 0 aromatic heterocycles. The molecule has 0 aliphatic rings. The van der Waals surface area contributed by atoms with Gasteiger partial charge in [0.25, 0.3) is 64.1 Å². The lowest BCUT2D eigenvalue weighted by molar-refractivity contribution is 0.101. The highest BCUT2D eigenvalue weighted by Gasteiger charge is 2.26. The highest BCUT2D eigenvalue weighted by Crippen LogP contribution is 2.37. The van der Waals surface area contributed by atoms with E-state index in [0.717, 1.165) is 48.5 Å². The van der Waals surface area contributed by atoms with Crippen LogP contribution in [-0.2, 0) is 40.5 Å². The van der Waals surface area contributed by atoms with Crippen molar-refractivity contribution in [3.63, 3.8) is 0 Å². The molecule has 10 N–H and O–H groups in total. The maximum atomic E-state index is 13.6.